The molecule has 0 spiro atoms. The Bertz CT molecular complexity index is 796. The molecular formula is C12H11FN2O3S3. The first kappa shape index (κ1) is 14.6. The average Bonchev–Trinajstić information content (AvgIpc) is 3.06. The summed E-state index contributed by atoms with van der Waals surface area (Å²) in [5, 5.41) is 0.930. The molecule has 0 N–H and O–H groups in total. The molecule has 1 unspecified atom stereocenters. The van der Waals surface area contributed by atoms with Crippen molar-refractivity contribution in [3.05, 3.63) is 22.4 Å². The van der Waals surface area contributed by atoms with E-state index in [2.05, 4.69) is 4.98 Å². The van der Waals surface area contributed by atoms with Gasteiger partial charge in [-0.2, -0.15) is 8.42 Å². The molecule has 1 aliphatic heterocycles. The van der Waals surface area contributed by atoms with E-state index in [1.54, 1.807) is 11.3 Å². The van der Waals surface area contributed by atoms with E-state index in [1.807, 2.05) is 24.4 Å². The molecule has 1 aliphatic rings. The molecule has 112 valence electrons. The number of halogens is 1. The maximum Gasteiger partial charge on any atom is 0.307 e. The average molecular weight is 346 g/mol. The number of aryl methyl sites for hydroxylation is 1. The summed E-state index contributed by atoms with van der Waals surface area (Å²) in [4.78, 5) is 19.6. The Balaban J connectivity index is 1.85. The number of amides is 1. The molecule has 0 bridgehead atoms. The van der Waals surface area contributed by atoms with E-state index < -0.39 is 21.4 Å². The van der Waals surface area contributed by atoms with Crippen LogP contribution in [0.2, 0.25) is 0 Å². The quantitative estimate of drug-likeness (QED) is 0.801. The van der Waals surface area contributed by atoms with Gasteiger partial charge in [-0.3, -0.25) is 9.69 Å². The molecule has 0 radical (unpaired) electrons. The van der Waals surface area contributed by atoms with Gasteiger partial charge in [0.1, 0.15) is 5.25 Å². The van der Waals surface area contributed by atoms with Crippen LogP contribution in [0.25, 0.3) is 10.6 Å². The first-order valence-electron chi connectivity index (χ1n) is 6.11. The fourth-order valence-electron chi connectivity index (χ4n) is 2.12. The van der Waals surface area contributed by atoms with Crippen LogP contribution in [0.1, 0.15) is 11.3 Å². The summed E-state index contributed by atoms with van der Waals surface area (Å²) in [6.45, 7) is 1.82. The van der Waals surface area contributed by atoms with E-state index in [1.165, 1.54) is 16.2 Å². The summed E-state index contributed by atoms with van der Waals surface area (Å²) in [5.74, 6) is -0.413. The fourth-order valence-corrected chi connectivity index (χ4v) is 4.54. The Kier molecular flexibility index (Phi) is 3.58. The van der Waals surface area contributed by atoms with Crippen molar-refractivity contribution in [3.63, 3.8) is 0 Å². The second-order valence-electron chi connectivity index (χ2n) is 4.73. The normalized spacial score (nSPS) is 19.4. The number of carbonyl (C=O) groups excluding carboxylic acids is 1. The van der Waals surface area contributed by atoms with Crippen molar-refractivity contribution in [1.29, 1.82) is 0 Å². The fraction of sp³-hybridized carbons (Fsp3) is 0.333. The highest BCUT2D eigenvalue weighted by molar-refractivity contribution is 7.87. The van der Waals surface area contributed by atoms with Crippen molar-refractivity contribution in [3.8, 4) is 10.6 Å². The van der Waals surface area contributed by atoms with E-state index in [9.17, 15) is 17.1 Å². The molecule has 1 atom stereocenters. The molecule has 1 amide bonds. The van der Waals surface area contributed by atoms with Crippen LogP contribution in [0.4, 0.5) is 9.02 Å². The highest BCUT2D eigenvalue weighted by Gasteiger charge is 2.40. The maximum atomic E-state index is 13.0. The Hall–Kier alpha value is -1.32. The van der Waals surface area contributed by atoms with E-state index >= 15 is 0 Å². The number of hydrogen-bond acceptors (Lipinski definition) is 6. The zero-order chi connectivity index (χ0) is 15.2. The number of carbonyl (C=O) groups is 1. The Morgan fingerprint density at radius 3 is 2.76 bits per heavy atom. The van der Waals surface area contributed by atoms with Gasteiger partial charge in [0.2, 0.25) is 5.91 Å². The molecule has 3 heterocycles. The Morgan fingerprint density at radius 2 is 2.19 bits per heavy atom. The van der Waals surface area contributed by atoms with Crippen molar-refractivity contribution < 1.29 is 17.1 Å². The molecular weight excluding hydrogens is 335 g/mol. The molecule has 2 aromatic rings. The Morgan fingerprint density at radius 1 is 1.43 bits per heavy atom. The minimum atomic E-state index is -4.70. The van der Waals surface area contributed by atoms with Crippen molar-refractivity contribution in [1.82, 2.24) is 4.98 Å². The van der Waals surface area contributed by atoms with Crippen molar-refractivity contribution in [2.75, 3.05) is 11.4 Å². The van der Waals surface area contributed by atoms with Gasteiger partial charge in [0, 0.05) is 23.2 Å². The van der Waals surface area contributed by atoms with E-state index in [0.717, 1.165) is 15.4 Å². The molecule has 2 aromatic heterocycles. The summed E-state index contributed by atoms with van der Waals surface area (Å²) in [6, 6.07) is 3.92. The van der Waals surface area contributed by atoms with Gasteiger partial charge in [-0.1, -0.05) is 0 Å². The van der Waals surface area contributed by atoms with Crippen LogP contribution in [0.15, 0.2) is 17.5 Å². The van der Waals surface area contributed by atoms with Crippen molar-refractivity contribution in [2.24, 2.45) is 0 Å². The van der Waals surface area contributed by atoms with Gasteiger partial charge in [0.05, 0.1) is 10.6 Å². The van der Waals surface area contributed by atoms with Crippen LogP contribution >= 0.6 is 22.7 Å². The lowest BCUT2D eigenvalue weighted by Gasteiger charge is -2.11. The third-order valence-electron chi connectivity index (χ3n) is 3.20. The first-order valence-corrected chi connectivity index (χ1v) is 9.25. The first-order chi connectivity index (χ1) is 9.84. The lowest BCUT2D eigenvalue weighted by Crippen LogP contribution is -2.26. The lowest BCUT2D eigenvalue weighted by atomic mass is 10.4. The van der Waals surface area contributed by atoms with Crippen LogP contribution < -0.4 is 4.90 Å². The molecule has 9 heteroatoms. The molecule has 1 fully saturated rings. The van der Waals surface area contributed by atoms with Crippen LogP contribution in [-0.2, 0) is 15.0 Å². The van der Waals surface area contributed by atoms with Crippen LogP contribution in [0.5, 0.6) is 0 Å². The zero-order valence-corrected chi connectivity index (χ0v) is 13.4. The van der Waals surface area contributed by atoms with E-state index in [4.69, 9.17) is 0 Å². The number of nitrogens with zero attached hydrogens (tertiary/aromatic N) is 2. The summed E-state index contributed by atoms with van der Waals surface area (Å²) in [6.07, 6.45) is -0.328. The minimum Gasteiger partial charge on any atom is -0.287 e. The number of thiophene rings is 1. The number of rotatable bonds is 3. The molecule has 5 nitrogen and oxygen atoms in total. The van der Waals surface area contributed by atoms with Crippen molar-refractivity contribution in [2.45, 2.75) is 18.6 Å². The predicted octanol–water partition coefficient (Wildman–Crippen LogP) is 2.58. The number of hydrogen-bond donors (Lipinski definition) is 0. The second kappa shape index (κ2) is 5.15. The van der Waals surface area contributed by atoms with Crippen LogP contribution in [0.3, 0.4) is 0 Å². The molecule has 0 saturated carbocycles. The topological polar surface area (TPSA) is 67.3 Å². The summed E-state index contributed by atoms with van der Waals surface area (Å²) in [5.41, 5.74) is 0.743. The van der Waals surface area contributed by atoms with Gasteiger partial charge in [-0.25, -0.2) is 4.98 Å². The summed E-state index contributed by atoms with van der Waals surface area (Å²) < 4.78 is 34.9. The Labute approximate surface area is 129 Å². The van der Waals surface area contributed by atoms with Gasteiger partial charge in [0.15, 0.2) is 5.13 Å². The smallest absolute Gasteiger partial charge is 0.287 e. The summed E-state index contributed by atoms with van der Waals surface area (Å²) >= 11 is 2.84. The molecule has 3 rings (SSSR count). The predicted molar refractivity (Wildman–Crippen MR) is 80.9 cm³/mol. The molecule has 1 saturated heterocycles. The molecule has 21 heavy (non-hydrogen) atoms. The van der Waals surface area contributed by atoms with Gasteiger partial charge < -0.3 is 0 Å². The zero-order valence-electron chi connectivity index (χ0n) is 10.9. The SMILES string of the molecule is Cc1ccc(-c2csc(N3CC(S(=O)(=O)F)CC3=O)n2)s1. The number of anilines is 1. The minimum absolute atomic E-state index is 0.173. The third-order valence-corrected chi connectivity index (χ3v) is 6.20. The van der Waals surface area contributed by atoms with Gasteiger partial charge in [-0.05, 0) is 19.1 Å². The maximum absolute atomic E-state index is 13.0. The highest BCUT2D eigenvalue weighted by atomic mass is 32.3. The molecule has 0 aliphatic carbocycles. The molecule has 0 aromatic carbocycles. The van der Waals surface area contributed by atoms with Crippen molar-refractivity contribution >= 4 is 43.9 Å². The largest absolute Gasteiger partial charge is 0.307 e. The van der Waals surface area contributed by atoms with Gasteiger partial charge in [0.25, 0.3) is 0 Å². The van der Waals surface area contributed by atoms with Gasteiger partial charge >= 0.3 is 10.2 Å². The van der Waals surface area contributed by atoms with Gasteiger partial charge in [-0.15, -0.1) is 26.6 Å². The standard InChI is InChI=1S/C12H11FN2O3S3/c1-7-2-3-10(20-7)9-6-19-12(14-9)15-5-8(4-11(15)16)21(13,17)18/h2-3,6,8H,4-5H2,1H3. The lowest BCUT2D eigenvalue weighted by molar-refractivity contribution is -0.117. The van der Waals surface area contributed by atoms with Crippen LogP contribution in [0, 0.1) is 6.92 Å². The third kappa shape index (κ3) is 2.85. The number of aromatic nitrogens is 1. The highest BCUT2D eigenvalue weighted by Crippen LogP contribution is 2.34. The summed E-state index contributed by atoms with van der Waals surface area (Å²) in [7, 11) is -4.70. The van der Waals surface area contributed by atoms with Crippen LogP contribution in [-0.4, -0.2) is 31.1 Å². The number of thiazole rings is 1. The van der Waals surface area contributed by atoms with E-state index in [0.29, 0.717) is 5.13 Å². The van der Waals surface area contributed by atoms with E-state index in [-0.39, 0.29) is 13.0 Å². The monoisotopic (exact) mass is 346 g/mol. The second-order valence-corrected chi connectivity index (χ2v) is 8.47.